The molecule has 2 aromatic heterocycles. The van der Waals surface area contributed by atoms with E-state index in [2.05, 4.69) is 20.3 Å². The number of aromatic nitrogens is 3. The second kappa shape index (κ2) is 5.60. The summed E-state index contributed by atoms with van der Waals surface area (Å²) < 4.78 is 0. The van der Waals surface area contributed by atoms with Crippen LogP contribution in [-0.2, 0) is 0 Å². The fourth-order valence-electron chi connectivity index (χ4n) is 2.26. The number of rotatable bonds is 4. The standard InChI is InChI=1S/C16H18N4O/c1-10-8-13(19-9-11(10)2)16(21)20-14(12-4-5-12)15-17-6-3-7-18-15/h3,6-9,12,14H,4-5H2,1-2H3,(H,20,21). The Morgan fingerprint density at radius 1 is 1.19 bits per heavy atom. The van der Waals surface area contributed by atoms with Crippen LogP contribution in [0.15, 0.2) is 30.7 Å². The number of nitrogens with zero attached hydrogens (tertiary/aromatic N) is 3. The van der Waals surface area contributed by atoms with Crippen LogP contribution in [0.25, 0.3) is 0 Å². The van der Waals surface area contributed by atoms with Gasteiger partial charge in [-0.3, -0.25) is 9.78 Å². The minimum absolute atomic E-state index is 0.123. The molecule has 1 unspecified atom stereocenters. The Morgan fingerprint density at radius 3 is 2.52 bits per heavy atom. The minimum Gasteiger partial charge on any atom is -0.340 e. The smallest absolute Gasteiger partial charge is 0.270 e. The van der Waals surface area contributed by atoms with Crippen LogP contribution in [0.4, 0.5) is 0 Å². The number of aryl methyl sites for hydroxylation is 2. The van der Waals surface area contributed by atoms with Crippen LogP contribution in [-0.4, -0.2) is 20.9 Å². The normalized spacial score (nSPS) is 15.5. The van der Waals surface area contributed by atoms with Crippen LogP contribution in [0.2, 0.25) is 0 Å². The molecule has 5 heteroatoms. The average Bonchev–Trinajstić information content (AvgIpc) is 3.33. The summed E-state index contributed by atoms with van der Waals surface area (Å²) in [6.45, 7) is 3.96. The van der Waals surface area contributed by atoms with E-state index in [-0.39, 0.29) is 11.9 Å². The molecule has 21 heavy (non-hydrogen) atoms. The number of amides is 1. The third-order valence-electron chi connectivity index (χ3n) is 3.85. The molecule has 1 atom stereocenters. The van der Waals surface area contributed by atoms with Gasteiger partial charge < -0.3 is 5.32 Å². The van der Waals surface area contributed by atoms with Crippen molar-refractivity contribution < 1.29 is 4.79 Å². The maximum Gasteiger partial charge on any atom is 0.270 e. The van der Waals surface area contributed by atoms with Crippen molar-refractivity contribution in [2.45, 2.75) is 32.7 Å². The van der Waals surface area contributed by atoms with Crippen molar-refractivity contribution in [2.24, 2.45) is 5.92 Å². The van der Waals surface area contributed by atoms with E-state index in [1.807, 2.05) is 19.9 Å². The van der Waals surface area contributed by atoms with Crippen LogP contribution >= 0.6 is 0 Å². The molecule has 2 aromatic rings. The predicted octanol–water partition coefficient (Wildman–Crippen LogP) is 2.37. The van der Waals surface area contributed by atoms with Crippen LogP contribution in [0.5, 0.6) is 0 Å². The summed E-state index contributed by atoms with van der Waals surface area (Å²) in [6.07, 6.45) is 7.35. The quantitative estimate of drug-likeness (QED) is 0.934. The fraction of sp³-hybridized carbons (Fsp3) is 0.375. The highest BCUT2D eigenvalue weighted by Gasteiger charge is 2.35. The first-order valence-corrected chi connectivity index (χ1v) is 7.16. The third-order valence-corrected chi connectivity index (χ3v) is 3.85. The van der Waals surface area contributed by atoms with E-state index < -0.39 is 0 Å². The van der Waals surface area contributed by atoms with Gasteiger partial charge in [0.05, 0.1) is 6.04 Å². The molecule has 1 amide bonds. The lowest BCUT2D eigenvalue weighted by molar-refractivity contribution is 0.0924. The molecule has 5 nitrogen and oxygen atoms in total. The molecule has 0 spiro atoms. The lowest BCUT2D eigenvalue weighted by Gasteiger charge is -2.16. The van der Waals surface area contributed by atoms with Gasteiger partial charge in [-0.15, -0.1) is 0 Å². The Kier molecular flexibility index (Phi) is 3.64. The molecular formula is C16H18N4O. The van der Waals surface area contributed by atoms with E-state index in [0.717, 1.165) is 24.0 Å². The highest BCUT2D eigenvalue weighted by atomic mass is 16.1. The fourth-order valence-corrected chi connectivity index (χ4v) is 2.26. The van der Waals surface area contributed by atoms with E-state index in [4.69, 9.17) is 0 Å². The zero-order chi connectivity index (χ0) is 14.8. The molecule has 0 aliphatic heterocycles. The Bertz CT molecular complexity index is 653. The number of carbonyl (C=O) groups is 1. The van der Waals surface area contributed by atoms with Crippen molar-refractivity contribution in [2.75, 3.05) is 0 Å². The Labute approximate surface area is 123 Å². The van der Waals surface area contributed by atoms with E-state index in [1.54, 1.807) is 24.7 Å². The summed E-state index contributed by atoms with van der Waals surface area (Å²) in [5, 5.41) is 3.03. The number of carbonyl (C=O) groups excluding carboxylic acids is 1. The van der Waals surface area contributed by atoms with E-state index in [1.165, 1.54) is 0 Å². The summed E-state index contributed by atoms with van der Waals surface area (Å²) in [5.41, 5.74) is 2.59. The summed E-state index contributed by atoms with van der Waals surface area (Å²) in [4.78, 5) is 25.2. The predicted molar refractivity (Wildman–Crippen MR) is 78.7 cm³/mol. The van der Waals surface area contributed by atoms with Crippen molar-refractivity contribution in [3.05, 3.63) is 53.4 Å². The van der Waals surface area contributed by atoms with Crippen LogP contribution < -0.4 is 5.32 Å². The largest absolute Gasteiger partial charge is 0.340 e. The zero-order valence-electron chi connectivity index (χ0n) is 12.2. The Balaban J connectivity index is 1.79. The molecular weight excluding hydrogens is 264 g/mol. The summed E-state index contributed by atoms with van der Waals surface area (Å²) in [5.74, 6) is 0.947. The highest BCUT2D eigenvalue weighted by molar-refractivity contribution is 5.92. The zero-order valence-corrected chi connectivity index (χ0v) is 12.2. The van der Waals surface area contributed by atoms with Gasteiger partial charge in [0.25, 0.3) is 5.91 Å². The van der Waals surface area contributed by atoms with Crippen molar-refractivity contribution in [1.29, 1.82) is 0 Å². The van der Waals surface area contributed by atoms with E-state index >= 15 is 0 Å². The topological polar surface area (TPSA) is 67.8 Å². The van der Waals surface area contributed by atoms with Crippen LogP contribution in [0.3, 0.4) is 0 Å². The number of nitrogens with one attached hydrogen (secondary N) is 1. The molecule has 2 heterocycles. The number of hydrogen-bond acceptors (Lipinski definition) is 4. The van der Waals surface area contributed by atoms with Gasteiger partial charge in [0.2, 0.25) is 0 Å². The number of hydrogen-bond donors (Lipinski definition) is 1. The molecule has 1 aliphatic carbocycles. The van der Waals surface area contributed by atoms with Crippen molar-refractivity contribution >= 4 is 5.91 Å². The van der Waals surface area contributed by atoms with Crippen molar-refractivity contribution in [3.63, 3.8) is 0 Å². The lowest BCUT2D eigenvalue weighted by atomic mass is 10.1. The monoisotopic (exact) mass is 282 g/mol. The molecule has 1 saturated carbocycles. The minimum atomic E-state index is -0.164. The second-order valence-corrected chi connectivity index (χ2v) is 5.55. The molecule has 108 valence electrons. The Morgan fingerprint density at radius 2 is 1.90 bits per heavy atom. The van der Waals surface area contributed by atoms with Gasteiger partial charge in [-0.2, -0.15) is 0 Å². The van der Waals surface area contributed by atoms with Crippen molar-refractivity contribution in [1.82, 2.24) is 20.3 Å². The van der Waals surface area contributed by atoms with E-state index in [0.29, 0.717) is 17.4 Å². The molecule has 0 aromatic carbocycles. The maximum absolute atomic E-state index is 12.4. The average molecular weight is 282 g/mol. The van der Waals surface area contributed by atoms with Gasteiger partial charge in [-0.05, 0) is 55.9 Å². The van der Waals surface area contributed by atoms with Gasteiger partial charge in [-0.25, -0.2) is 9.97 Å². The van der Waals surface area contributed by atoms with Gasteiger partial charge in [0.1, 0.15) is 5.69 Å². The van der Waals surface area contributed by atoms with E-state index in [9.17, 15) is 4.79 Å². The Hall–Kier alpha value is -2.30. The molecule has 0 saturated heterocycles. The molecule has 1 fully saturated rings. The van der Waals surface area contributed by atoms with Gasteiger partial charge in [-0.1, -0.05) is 0 Å². The summed E-state index contributed by atoms with van der Waals surface area (Å²) in [6, 6.07) is 3.47. The lowest BCUT2D eigenvalue weighted by Crippen LogP contribution is -2.31. The van der Waals surface area contributed by atoms with Crippen molar-refractivity contribution in [3.8, 4) is 0 Å². The first-order valence-electron chi connectivity index (χ1n) is 7.16. The van der Waals surface area contributed by atoms with Gasteiger partial charge in [0.15, 0.2) is 5.82 Å². The van der Waals surface area contributed by atoms with Gasteiger partial charge in [0, 0.05) is 18.6 Å². The molecule has 1 N–H and O–H groups in total. The third kappa shape index (κ3) is 3.07. The summed E-state index contributed by atoms with van der Waals surface area (Å²) >= 11 is 0. The number of pyridine rings is 1. The summed E-state index contributed by atoms with van der Waals surface area (Å²) in [7, 11) is 0. The molecule has 3 rings (SSSR count). The molecule has 1 aliphatic rings. The van der Waals surface area contributed by atoms with Crippen LogP contribution in [0.1, 0.15) is 46.3 Å². The SMILES string of the molecule is Cc1cnc(C(=O)NC(c2ncccn2)C2CC2)cc1C. The maximum atomic E-state index is 12.4. The first-order chi connectivity index (χ1) is 10.1. The second-order valence-electron chi connectivity index (χ2n) is 5.55. The van der Waals surface area contributed by atoms with Crippen LogP contribution in [0, 0.1) is 19.8 Å². The molecule has 0 radical (unpaired) electrons. The highest BCUT2D eigenvalue weighted by Crippen LogP contribution is 2.39. The van der Waals surface area contributed by atoms with Gasteiger partial charge >= 0.3 is 0 Å². The first kappa shape index (κ1) is 13.7. The molecule has 0 bridgehead atoms.